The molecule has 3 rings (SSSR count). The van der Waals surface area contributed by atoms with Crippen molar-refractivity contribution < 1.29 is 37.3 Å². The van der Waals surface area contributed by atoms with Gasteiger partial charge in [-0.25, -0.2) is 0 Å². The monoisotopic (exact) mass is 518 g/mol. The zero-order valence-corrected chi connectivity index (χ0v) is 19.7. The van der Waals surface area contributed by atoms with Crippen molar-refractivity contribution >= 4 is 34.9 Å². The first-order valence-corrected chi connectivity index (χ1v) is 10.9. The van der Waals surface area contributed by atoms with E-state index in [1.165, 1.54) is 32.2 Å². The summed E-state index contributed by atoms with van der Waals surface area (Å²) in [6.07, 6.45) is -5.24. The number of nitrogens with one attached hydrogen (secondary N) is 2. The predicted molar refractivity (Wildman–Crippen MR) is 122 cm³/mol. The third-order valence-electron chi connectivity index (χ3n) is 5.20. The average molecular weight is 519 g/mol. The third kappa shape index (κ3) is 5.31. The van der Waals surface area contributed by atoms with Gasteiger partial charge in [-0.3, -0.25) is 4.79 Å². The van der Waals surface area contributed by atoms with Crippen molar-refractivity contribution in [2.24, 2.45) is 5.92 Å². The summed E-state index contributed by atoms with van der Waals surface area (Å²) in [5.74, 6) is -2.84. The maximum atomic E-state index is 13.9. The molecule has 1 heterocycles. The van der Waals surface area contributed by atoms with Crippen LogP contribution in [0, 0.1) is 5.92 Å². The van der Waals surface area contributed by atoms with Gasteiger partial charge in [-0.1, -0.05) is 29.8 Å². The number of halogens is 4. The third-order valence-corrected chi connectivity index (χ3v) is 5.67. The molecule has 1 saturated heterocycles. The minimum absolute atomic E-state index is 0.179. The van der Waals surface area contributed by atoms with Gasteiger partial charge in [0.2, 0.25) is 0 Å². The molecule has 184 valence electrons. The number of hydrogen-bond donors (Lipinski definition) is 3. The van der Waals surface area contributed by atoms with E-state index < -0.39 is 34.9 Å². The molecule has 1 aliphatic heterocycles. The van der Waals surface area contributed by atoms with Gasteiger partial charge in [-0.15, -0.1) is 0 Å². The summed E-state index contributed by atoms with van der Waals surface area (Å²) in [5.41, 5.74) is -2.62. The van der Waals surface area contributed by atoms with Gasteiger partial charge < -0.3 is 30.0 Å². The van der Waals surface area contributed by atoms with Crippen LogP contribution in [-0.4, -0.2) is 41.8 Å². The van der Waals surface area contributed by atoms with Gasteiger partial charge in [-0.05, 0) is 54.5 Å². The van der Waals surface area contributed by atoms with Crippen molar-refractivity contribution in [3.63, 3.8) is 0 Å². The Hall–Kier alpha value is -2.76. The summed E-state index contributed by atoms with van der Waals surface area (Å²) in [5, 5.41) is 15.1. The fraction of sp³-hybridized carbons (Fsp3) is 0.364. The average Bonchev–Trinajstić information content (AvgIpc) is 2.77. The molecule has 0 saturated carbocycles. The Labute approximate surface area is 204 Å². The van der Waals surface area contributed by atoms with Gasteiger partial charge in [-0.2, -0.15) is 13.2 Å². The number of alkyl halides is 3. The van der Waals surface area contributed by atoms with Crippen LogP contribution in [0.25, 0.3) is 0 Å². The minimum atomic E-state index is -5.24. The quantitative estimate of drug-likeness (QED) is 0.376. The highest BCUT2D eigenvalue weighted by atomic mass is 35.5. The lowest BCUT2D eigenvalue weighted by Gasteiger charge is -2.45. The van der Waals surface area contributed by atoms with Crippen molar-refractivity contribution in [1.29, 1.82) is 0 Å². The molecule has 0 aromatic heterocycles. The number of hydrogen-bond acceptors (Lipinski definition) is 6. The van der Waals surface area contributed by atoms with E-state index >= 15 is 0 Å². The fourth-order valence-corrected chi connectivity index (χ4v) is 3.96. The van der Waals surface area contributed by atoms with E-state index in [9.17, 15) is 23.1 Å². The van der Waals surface area contributed by atoms with Gasteiger partial charge in [0, 0.05) is 5.02 Å². The SMILES string of the molecule is CCOC(=O)[C@@H]1[C@H](c2ccc(OCc3ccc(Cl)cc3)c(OC)c2)NC(=S)N[C@@]1(O)C(F)(F)F. The van der Waals surface area contributed by atoms with Crippen LogP contribution >= 0.6 is 23.8 Å². The highest BCUT2D eigenvalue weighted by Crippen LogP contribution is 2.44. The summed E-state index contributed by atoms with van der Waals surface area (Å²) in [6.45, 7) is 1.45. The predicted octanol–water partition coefficient (Wildman–Crippen LogP) is 3.88. The zero-order chi connectivity index (χ0) is 25.1. The number of ether oxygens (including phenoxy) is 3. The fourth-order valence-electron chi connectivity index (χ4n) is 3.55. The Morgan fingerprint density at radius 1 is 1.21 bits per heavy atom. The lowest BCUT2D eigenvalue weighted by Crippen LogP contribution is -2.73. The lowest BCUT2D eigenvalue weighted by molar-refractivity contribution is -0.292. The van der Waals surface area contributed by atoms with Gasteiger partial charge >= 0.3 is 12.1 Å². The lowest BCUT2D eigenvalue weighted by atomic mass is 9.82. The Bertz CT molecular complexity index is 1050. The number of aliphatic hydroxyl groups is 1. The van der Waals surface area contributed by atoms with Crippen molar-refractivity contribution in [2.45, 2.75) is 31.5 Å². The van der Waals surface area contributed by atoms with E-state index in [1.54, 1.807) is 29.6 Å². The van der Waals surface area contributed by atoms with Gasteiger partial charge in [0.25, 0.3) is 5.72 Å². The van der Waals surface area contributed by atoms with Crippen LogP contribution in [0.5, 0.6) is 11.5 Å². The molecule has 0 radical (unpaired) electrons. The molecule has 2 aromatic rings. The number of carbonyl (C=O) groups is 1. The second-order valence-corrected chi connectivity index (χ2v) is 8.24. The largest absolute Gasteiger partial charge is 0.493 e. The van der Waals surface area contributed by atoms with Crippen molar-refractivity contribution in [2.75, 3.05) is 13.7 Å². The van der Waals surface area contributed by atoms with Gasteiger partial charge in [0.05, 0.1) is 19.8 Å². The summed E-state index contributed by atoms with van der Waals surface area (Å²) in [4.78, 5) is 12.6. The molecule has 12 heteroatoms. The van der Waals surface area contributed by atoms with Crippen molar-refractivity contribution in [3.8, 4) is 11.5 Å². The molecule has 0 aliphatic carbocycles. The second-order valence-electron chi connectivity index (χ2n) is 7.40. The molecule has 0 spiro atoms. The molecule has 34 heavy (non-hydrogen) atoms. The molecular weight excluding hydrogens is 497 g/mol. The molecule has 1 fully saturated rings. The van der Waals surface area contributed by atoms with E-state index in [1.807, 2.05) is 0 Å². The minimum Gasteiger partial charge on any atom is -0.493 e. The summed E-state index contributed by atoms with van der Waals surface area (Å²) < 4.78 is 57.6. The number of rotatable bonds is 7. The van der Waals surface area contributed by atoms with Crippen molar-refractivity contribution in [1.82, 2.24) is 10.6 Å². The van der Waals surface area contributed by atoms with Crippen LogP contribution in [-0.2, 0) is 16.1 Å². The van der Waals surface area contributed by atoms with Crippen LogP contribution in [0.15, 0.2) is 42.5 Å². The van der Waals surface area contributed by atoms with E-state index in [0.717, 1.165) is 5.56 Å². The first kappa shape index (κ1) is 25.9. The van der Waals surface area contributed by atoms with E-state index in [0.29, 0.717) is 10.8 Å². The van der Waals surface area contributed by atoms with Crippen LogP contribution < -0.4 is 20.1 Å². The highest BCUT2D eigenvalue weighted by Gasteiger charge is 2.66. The summed E-state index contributed by atoms with van der Waals surface area (Å²) >= 11 is 10.8. The zero-order valence-electron chi connectivity index (χ0n) is 18.1. The first-order valence-electron chi connectivity index (χ1n) is 10.1. The first-order chi connectivity index (χ1) is 16.0. The van der Waals surface area contributed by atoms with Gasteiger partial charge in [0.15, 0.2) is 16.6 Å². The molecule has 3 atom stereocenters. The Morgan fingerprint density at radius 3 is 2.47 bits per heavy atom. The van der Waals surface area contributed by atoms with Crippen LogP contribution in [0.4, 0.5) is 13.2 Å². The Morgan fingerprint density at radius 2 is 1.88 bits per heavy atom. The molecule has 0 bridgehead atoms. The van der Waals surface area contributed by atoms with Crippen molar-refractivity contribution in [3.05, 3.63) is 58.6 Å². The standard InChI is InChI=1S/C22H22ClF3N2O5S/c1-3-32-19(29)17-18(27-20(34)28-21(17,30)22(24,25)26)13-6-9-15(16(10-13)31-2)33-11-12-4-7-14(23)8-5-12/h4-10,17-18,30H,3,11H2,1-2H3,(H2,27,28,34)/t17-,18-,21-/m0/s1. The van der Waals surface area contributed by atoms with E-state index in [2.05, 4.69) is 5.32 Å². The van der Waals surface area contributed by atoms with Crippen LogP contribution in [0.3, 0.4) is 0 Å². The Kier molecular flexibility index (Phi) is 7.79. The van der Waals surface area contributed by atoms with Gasteiger partial charge in [0.1, 0.15) is 12.5 Å². The summed E-state index contributed by atoms with van der Waals surface area (Å²) in [7, 11) is 1.36. The maximum Gasteiger partial charge on any atom is 0.437 e. The molecule has 1 aliphatic rings. The number of benzene rings is 2. The van der Waals surface area contributed by atoms with Crippen LogP contribution in [0.1, 0.15) is 24.1 Å². The number of carbonyl (C=O) groups excluding carboxylic acids is 1. The molecule has 0 unspecified atom stereocenters. The molecule has 7 nitrogen and oxygen atoms in total. The molecular formula is C22H22ClF3N2O5S. The Balaban J connectivity index is 1.95. The molecule has 0 amide bonds. The normalized spacial score (nSPS) is 22.4. The number of esters is 1. The van der Waals surface area contributed by atoms with Crippen LogP contribution in [0.2, 0.25) is 5.02 Å². The maximum absolute atomic E-state index is 13.9. The molecule has 2 aromatic carbocycles. The highest BCUT2D eigenvalue weighted by molar-refractivity contribution is 7.80. The number of thiocarbonyl (C=S) groups is 1. The number of methoxy groups -OCH3 is 1. The summed E-state index contributed by atoms with van der Waals surface area (Å²) in [6, 6.07) is 9.97. The molecule has 3 N–H and O–H groups in total. The van der Waals surface area contributed by atoms with E-state index in [-0.39, 0.29) is 24.5 Å². The smallest absolute Gasteiger partial charge is 0.437 e. The second kappa shape index (κ2) is 10.2. The topological polar surface area (TPSA) is 89.1 Å². The van der Waals surface area contributed by atoms with E-state index in [4.69, 9.17) is 38.0 Å².